The fourth-order valence-corrected chi connectivity index (χ4v) is 4.24. The third-order valence-electron chi connectivity index (χ3n) is 5.55. The highest BCUT2D eigenvalue weighted by molar-refractivity contribution is 9.10. The summed E-state index contributed by atoms with van der Waals surface area (Å²) in [6.45, 7) is 6.18. The van der Waals surface area contributed by atoms with E-state index < -0.39 is 0 Å². The first kappa shape index (κ1) is 20.1. The van der Waals surface area contributed by atoms with Crippen molar-refractivity contribution in [3.63, 3.8) is 0 Å². The van der Waals surface area contributed by atoms with Crippen molar-refractivity contribution in [1.82, 2.24) is 14.7 Å². The third kappa shape index (κ3) is 4.82. The Labute approximate surface area is 169 Å². The van der Waals surface area contributed by atoms with Crippen molar-refractivity contribution >= 4 is 27.7 Å². The van der Waals surface area contributed by atoms with Crippen LogP contribution in [0.15, 0.2) is 22.7 Å². The summed E-state index contributed by atoms with van der Waals surface area (Å²) in [5, 5.41) is 0. The van der Waals surface area contributed by atoms with Gasteiger partial charge in [-0.2, -0.15) is 0 Å². The number of piperidine rings is 1. The second-order valence-electron chi connectivity index (χ2n) is 7.35. The first-order valence-corrected chi connectivity index (χ1v) is 10.4. The number of halogens is 1. The molecular weight excluding hydrogens is 410 g/mol. The quantitative estimate of drug-likeness (QED) is 0.726. The zero-order valence-electron chi connectivity index (χ0n) is 16.1. The van der Waals surface area contributed by atoms with Crippen LogP contribution in [0.5, 0.6) is 5.75 Å². The van der Waals surface area contributed by atoms with Gasteiger partial charge in [0, 0.05) is 43.2 Å². The Kier molecular flexibility index (Phi) is 6.76. The number of rotatable bonds is 4. The molecule has 2 aliphatic heterocycles. The monoisotopic (exact) mass is 437 g/mol. The summed E-state index contributed by atoms with van der Waals surface area (Å²) in [7, 11) is 1.59. The number of piperazine rings is 1. The lowest BCUT2D eigenvalue weighted by Crippen LogP contribution is -2.53. The summed E-state index contributed by atoms with van der Waals surface area (Å²) in [6, 6.07) is 5.77. The van der Waals surface area contributed by atoms with Gasteiger partial charge in [0.1, 0.15) is 5.75 Å². The number of hydrogen-bond donors (Lipinski definition) is 0. The molecule has 1 atom stereocenters. The molecule has 2 amide bonds. The van der Waals surface area contributed by atoms with Crippen molar-refractivity contribution in [2.45, 2.75) is 32.2 Å². The average molecular weight is 438 g/mol. The Morgan fingerprint density at radius 3 is 2.56 bits per heavy atom. The van der Waals surface area contributed by atoms with E-state index in [-0.39, 0.29) is 11.8 Å². The highest BCUT2D eigenvalue weighted by Crippen LogP contribution is 2.24. The molecule has 148 valence electrons. The highest BCUT2D eigenvalue weighted by Gasteiger charge is 2.28. The van der Waals surface area contributed by atoms with E-state index in [0.29, 0.717) is 37.0 Å². The zero-order valence-corrected chi connectivity index (χ0v) is 17.7. The molecule has 2 fully saturated rings. The van der Waals surface area contributed by atoms with Gasteiger partial charge in [0.25, 0.3) is 5.91 Å². The van der Waals surface area contributed by atoms with Crippen LogP contribution in [0.2, 0.25) is 0 Å². The van der Waals surface area contributed by atoms with Crippen molar-refractivity contribution < 1.29 is 14.3 Å². The summed E-state index contributed by atoms with van der Waals surface area (Å²) < 4.78 is 6.00. The first-order valence-electron chi connectivity index (χ1n) is 9.64. The van der Waals surface area contributed by atoms with Gasteiger partial charge in [0.2, 0.25) is 5.91 Å². The van der Waals surface area contributed by atoms with Crippen LogP contribution in [-0.2, 0) is 4.79 Å². The van der Waals surface area contributed by atoms with Crippen LogP contribution in [-0.4, -0.2) is 78.9 Å². The highest BCUT2D eigenvalue weighted by atomic mass is 79.9. The van der Waals surface area contributed by atoms with Crippen molar-refractivity contribution in [2.24, 2.45) is 0 Å². The molecule has 1 aromatic rings. The lowest BCUT2D eigenvalue weighted by molar-refractivity contribution is -0.136. The molecular formula is C20H28BrN3O3. The molecule has 2 aliphatic rings. The van der Waals surface area contributed by atoms with E-state index in [1.165, 1.54) is 6.42 Å². The zero-order chi connectivity index (χ0) is 19.4. The van der Waals surface area contributed by atoms with Crippen LogP contribution < -0.4 is 4.74 Å². The maximum Gasteiger partial charge on any atom is 0.255 e. The molecule has 0 N–H and O–H groups in total. The van der Waals surface area contributed by atoms with Crippen molar-refractivity contribution in [3.8, 4) is 5.75 Å². The maximum absolute atomic E-state index is 12.9. The van der Waals surface area contributed by atoms with Crippen molar-refractivity contribution in [3.05, 3.63) is 28.2 Å². The van der Waals surface area contributed by atoms with Crippen LogP contribution in [0.25, 0.3) is 0 Å². The van der Waals surface area contributed by atoms with E-state index >= 15 is 0 Å². The SMILES string of the molecule is COc1ccc(Br)c(C(=O)N2CCN(CC(=O)N3CCCC[C@H]3C)CC2)c1. The average Bonchev–Trinajstić information content (AvgIpc) is 2.68. The van der Waals surface area contributed by atoms with Gasteiger partial charge in [0.15, 0.2) is 0 Å². The van der Waals surface area contributed by atoms with Gasteiger partial charge in [0.05, 0.1) is 19.2 Å². The lowest BCUT2D eigenvalue weighted by Gasteiger charge is -2.38. The van der Waals surface area contributed by atoms with E-state index in [2.05, 4.69) is 27.8 Å². The fourth-order valence-electron chi connectivity index (χ4n) is 3.83. The molecule has 0 spiro atoms. The molecule has 2 heterocycles. The predicted molar refractivity (Wildman–Crippen MR) is 108 cm³/mol. The Morgan fingerprint density at radius 1 is 1.15 bits per heavy atom. The number of benzene rings is 1. The van der Waals surface area contributed by atoms with E-state index in [1.807, 2.05) is 21.9 Å². The van der Waals surface area contributed by atoms with Crippen LogP contribution >= 0.6 is 15.9 Å². The van der Waals surface area contributed by atoms with Crippen LogP contribution in [0, 0.1) is 0 Å². The molecule has 27 heavy (non-hydrogen) atoms. The van der Waals surface area contributed by atoms with Gasteiger partial charge in [-0.25, -0.2) is 0 Å². The number of carbonyl (C=O) groups excluding carboxylic acids is 2. The van der Waals surface area contributed by atoms with E-state index in [0.717, 1.165) is 36.9 Å². The molecule has 0 saturated carbocycles. The minimum atomic E-state index is -0.00333. The number of hydrogen-bond acceptors (Lipinski definition) is 4. The summed E-state index contributed by atoms with van der Waals surface area (Å²) >= 11 is 3.46. The molecule has 0 radical (unpaired) electrons. The van der Waals surface area contributed by atoms with Gasteiger partial charge in [-0.3, -0.25) is 14.5 Å². The number of nitrogens with zero attached hydrogens (tertiary/aromatic N) is 3. The fraction of sp³-hybridized carbons (Fsp3) is 0.600. The van der Waals surface area contributed by atoms with Crippen LogP contribution in [0.3, 0.4) is 0 Å². The summed E-state index contributed by atoms with van der Waals surface area (Å²) in [5.74, 6) is 0.885. The second-order valence-corrected chi connectivity index (χ2v) is 8.20. The second kappa shape index (κ2) is 9.06. The normalized spacial score (nSPS) is 21.2. The molecule has 0 aromatic heterocycles. The van der Waals surface area contributed by atoms with Crippen molar-refractivity contribution in [1.29, 1.82) is 0 Å². The van der Waals surface area contributed by atoms with Gasteiger partial charge in [-0.15, -0.1) is 0 Å². The number of carbonyl (C=O) groups is 2. The summed E-state index contributed by atoms with van der Waals surface area (Å²) in [5.41, 5.74) is 0.612. The Morgan fingerprint density at radius 2 is 1.89 bits per heavy atom. The molecule has 0 aliphatic carbocycles. The Hall–Kier alpha value is -1.60. The number of ether oxygens (including phenoxy) is 1. The minimum Gasteiger partial charge on any atom is -0.497 e. The van der Waals surface area contributed by atoms with Crippen LogP contribution in [0.1, 0.15) is 36.5 Å². The van der Waals surface area contributed by atoms with Gasteiger partial charge in [-0.05, 0) is 60.3 Å². The lowest BCUT2D eigenvalue weighted by atomic mass is 10.0. The first-order chi connectivity index (χ1) is 13.0. The van der Waals surface area contributed by atoms with E-state index in [9.17, 15) is 9.59 Å². The van der Waals surface area contributed by atoms with Gasteiger partial charge >= 0.3 is 0 Å². The predicted octanol–water partition coefficient (Wildman–Crippen LogP) is 2.62. The summed E-state index contributed by atoms with van der Waals surface area (Å²) in [4.78, 5) is 31.5. The molecule has 2 saturated heterocycles. The van der Waals surface area contributed by atoms with Crippen LogP contribution in [0.4, 0.5) is 0 Å². The minimum absolute atomic E-state index is 0.00333. The number of likely N-dealkylation sites (tertiary alicyclic amines) is 1. The Balaban J connectivity index is 1.54. The molecule has 0 unspecified atom stereocenters. The van der Waals surface area contributed by atoms with E-state index in [1.54, 1.807) is 13.2 Å². The Bertz CT molecular complexity index is 689. The number of amides is 2. The smallest absolute Gasteiger partial charge is 0.255 e. The van der Waals surface area contributed by atoms with Crippen molar-refractivity contribution in [2.75, 3.05) is 46.4 Å². The molecule has 3 rings (SSSR count). The van der Waals surface area contributed by atoms with E-state index in [4.69, 9.17) is 4.74 Å². The topological polar surface area (TPSA) is 53.1 Å². The largest absolute Gasteiger partial charge is 0.497 e. The third-order valence-corrected chi connectivity index (χ3v) is 6.24. The van der Waals surface area contributed by atoms with Gasteiger partial charge in [-0.1, -0.05) is 0 Å². The molecule has 0 bridgehead atoms. The standard InChI is InChI=1S/C20H28BrN3O3/c1-15-5-3-4-8-24(15)19(25)14-22-9-11-23(12-10-22)20(26)17-13-16(27-2)6-7-18(17)21/h6-7,13,15H,3-5,8-12,14H2,1-2H3/t15-/m1/s1. The molecule has 1 aromatic carbocycles. The maximum atomic E-state index is 12.9. The molecule has 7 heteroatoms. The molecule has 6 nitrogen and oxygen atoms in total. The number of methoxy groups -OCH3 is 1. The van der Waals surface area contributed by atoms with Gasteiger partial charge < -0.3 is 14.5 Å². The summed E-state index contributed by atoms with van der Waals surface area (Å²) in [6.07, 6.45) is 3.42.